The number of hydrogen-bond acceptors (Lipinski definition) is 7. The molecule has 1 amide bonds. The molecule has 0 aromatic heterocycles. The summed E-state index contributed by atoms with van der Waals surface area (Å²) in [5.74, 6) is -1.19. The average Bonchev–Trinajstić information content (AvgIpc) is 2.62. The lowest BCUT2D eigenvalue weighted by molar-refractivity contribution is -0.142. The molecule has 8 nitrogen and oxygen atoms in total. The second-order valence-electron chi connectivity index (χ2n) is 7.41. The van der Waals surface area contributed by atoms with Crippen LogP contribution in [-0.4, -0.2) is 65.1 Å². The fourth-order valence-corrected chi connectivity index (χ4v) is 3.18. The number of carbonyl (C=O) groups excluding carboxylic acids is 1. The van der Waals surface area contributed by atoms with Crippen LogP contribution in [0.25, 0.3) is 0 Å². The van der Waals surface area contributed by atoms with Gasteiger partial charge in [-0.2, -0.15) is 12.5 Å². The van der Waals surface area contributed by atoms with Crippen LogP contribution in [0.5, 0.6) is 11.5 Å². The third kappa shape index (κ3) is 4.02. The lowest BCUT2D eigenvalue weighted by Gasteiger charge is -2.42. The quantitative estimate of drug-likeness (QED) is 0.407. The fourth-order valence-electron chi connectivity index (χ4n) is 3.08. The van der Waals surface area contributed by atoms with E-state index in [2.05, 4.69) is 0 Å². The molecule has 27 heavy (non-hydrogen) atoms. The molecule has 1 atom stereocenters. The molecule has 1 saturated heterocycles. The maximum atomic E-state index is 12.4. The largest absolute Gasteiger partial charge is 0.535 e. The van der Waals surface area contributed by atoms with Gasteiger partial charge in [0, 0.05) is 4.75 Å². The average molecular weight is 395 g/mol. The molecule has 0 aliphatic carbocycles. The monoisotopic (exact) mass is 395 g/mol. The van der Waals surface area contributed by atoms with Gasteiger partial charge in [0.25, 0.3) is 0 Å². The van der Waals surface area contributed by atoms with E-state index in [1.807, 2.05) is 0 Å². The number of thiol groups is 1. The normalized spacial score (nSPS) is 18.7. The molecule has 1 aromatic carbocycles. The van der Waals surface area contributed by atoms with E-state index in [-0.39, 0.29) is 42.2 Å². The molecule has 10 heteroatoms. The molecule has 2 aliphatic heterocycles. The lowest BCUT2D eigenvalue weighted by atomic mass is 9.78. The first kappa shape index (κ1) is 18.5. The number of fused-ring (bicyclic) bond motifs is 1. The topological polar surface area (TPSA) is 122 Å². The molecule has 0 unspecified atom stereocenters. The summed E-state index contributed by atoms with van der Waals surface area (Å²) in [5.41, 5.74) is 6.57. The second-order valence-corrected chi connectivity index (χ2v) is 8.46. The molecule has 0 bridgehead atoms. The van der Waals surface area contributed by atoms with Crippen molar-refractivity contribution in [3.8, 4) is 11.5 Å². The fraction of sp³-hybridized carbons (Fsp3) is 0.529. The van der Waals surface area contributed by atoms with Gasteiger partial charge in [0.05, 0.1) is 19.1 Å². The smallest absolute Gasteiger partial charge is 0.522 e. The minimum atomic E-state index is -1.20. The maximum Gasteiger partial charge on any atom is 0.522 e. The van der Waals surface area contributed by atoms with Crippen LogP contribution < -0.4 is 15.1 Å². The summed E-state index contributed by atoms with van der Waals surface area (Å²) in [6.07, 6.45) is 0.552. The van der Waals surface area contributed by atoms with Gasteiger partial charge in [0.15, 0.2) is 0 Å². The highest BCUT2D eigenvalue weighted by Crippen LogP contribution is 2.37. The summed E-state index contributed by atoms with van der Waals surface area (Å²) in [7, 11) is -1.04. The lowest BCUT2D eigenvalue weighted by Crippen LogP contribution is -2.62. The number of nitrogens with two attached hydrogens (primary N) is 1. The molecule has 2 aliphatic rings. The van der Waals surface area contributed by atoms with Gasteiger partial charge in [-0.15, -0.1) is 0 Å². The van der Waals surface area contributed by atoms with E-state index in [0.29, 0.717) is 18.3 Å². The van der Waals surface area contributed by atoms with Gasteiger partial charge in [-0.1, -0.05) is 6.07 Å². The van der Waals surface area contributed by atoms with Crippen LogP contribution in [0.1, 0.15) is 29.8 Å². The zero-order valence-corrected chi connectivity index (χ0v) is 16.0. The molecule has 3 rings (SSSR count). The number of nitrogens with zero attached hydrogens (tertiary/aromatic N) is 1. The van der Waals surface area contributed by atoms with Crippen molar-refractivity contribution in [3.05, 3.63) is 23.3 Å². The minimum Gasteiger partial charge on any atom is -0.535 e. The van der Waals surface area contributed by atoms with Crippen LogP contribution >= 0.6 is 12.5 Å². The van der Waals surface area contributed by atoms with Crippen molar-refractivity contribution in [2.24, 2.45) is 5.73 Å². The van der Waals surface area contributed by atoms with Crippen LogP contribution in [0.3, 0.4) is 0 Å². The van der Waals surface area contributed by atoms with Crippen molar-refractivity contribution in [2.45, 2.75) is 43.5 Å². The molecule has 0 spiro atoms. The Bertz CT molecular complexity index is 789. The van der Waals surface area contributed by atoms with Gasteiger partial charge in [0.1, 0.15) is 24.3 Å². The molecule has 1 aromatic rings. The summed E-state index contributed by atoms with van der Waals surface area (Å²) >= 11 is 0.784. The highest BCUT2D eigenvalue weighted by molar-refractivity contribution is 7.81. The van der Waals surface area contributed by atoms with Gasteiger partial charge in [0.2, 0.25) is 5.91 Å². The van der Waals surface area contributed by atoms with E-state index >= 15 is 0 Å². The number of benzene rings is 1. The number of aromatic carboxylic acids is 1. The summed E-state index contributed by atoms with van der Waals surface area (Å²) in [5, 5.41) is 19.3. The number of amides is 1. The zero-order valence-electron chi connectivity index (χ0n) is 16.2. The first-order valence-corrected chi connectivity index (χ1v) is 9.14. The summed E-state index contributed by atoms with van der Waals surface area (Å²) in [6, 6.07) is 2.50. The predicted octanol–water partition coefficient (Wildman–Crippen LogP) is 0.425. The van der Waals surface area contributed by atoms with Crippen LogP contribution in [0.15, 0.2) is 12.1 Å². The molecule has 146 valence electrons. The molecular formula is C17H23BN2O6S. The summed E-state index contributed by atoms with van der Waals surface area (Å²) in [6.45, 7) is 4.04. The Kier molecular flexibility index (Phi) is 4.96. The Balaban J connectivity index is 1.69. The van der Waals surface area contributed by atoms with Crippen molar-refractivity contribution in [3.63, 3.8) is 0 Å². The van der Waals surface area contributed by atoms with Gasteiger partial charge < -0.3 is 30.2 Å². The summed E-state index contributed by atoms with van der Waals surface area (Å²) < 4.78 is 17.9. The van der Waals surface area contributed by atoms with Gasteiger partial charge in [-0.25, -0.2) is 4.79 Å². The van der Waals surface area contributed by atoms with Crippen molar-refractivity contribution in [1.82, 2.24) is 4.90 Å². The number of carbonyl (C=O) groups is 2. The van der Waals surface area contributed by atoms with Gasteiger partial charge in [-0.3, -0.25) is 4.79 Å². The molecular weight excluding hydrogens is 371 g/mol. The number of hydrogen-bond donors (Lipinski definition) is 4. The van der Waals surface area contributed by atoms with E-state index in [4.69, 9.17) is 16.2 Å². The minimum absolute atomic E-state index is 0.121. The highest BCUT2D eigenvalue weighted by Gasteiger charge is 2.40. The molecule has 0 saturated carbocycles. The van der Waals surface area contributed by atoms with Crippen molar-refractivity contribution in [2.75, 3.05) is 13.1 Å². The van der Waals surface area contributed by atoms with E-state index < -0.39 is 23.9 Å². The Morgan fingerprint density at radius 2 is 2.22 bits per heavy atom. The Morgan fingerprint density at radius 3 is 2.85 bits per heavy atom. The van der Waals surface area contributed by atoms with E-state index in [9.17, 15) is 19.7 Å². The van der Waals surface area contributed by atoms with E-state index in [1.54, 1.807) is 26.0 Å². The molecule has 4 N–H and O–H groups in total. The van der Waals surface area contributed by atoms with E-state index in [1.165, 1.54) is 4.90 Å². The number of carboxylic acids is 1. The molecule has 0 radical (unpaired) electrons. The summed E-state index contributed by atoms with van der Waals surface area (Å²) in [4.78, 5) is 25.7. The third-order valence-corrected chi connectivity index (χ3v) is 5.05. The number of carboxylic acid groups (broad SMARTS) is 1. The third-order valence-electron chi connectivity index (χ3n) is 4.80. The Morgan fingerprint density at radius 1 is 1.52 bits per heavy atom. The van der Waals surface area contributed by atoms with Crippen LogP contribution in [0.2, 0.25) is 6.32 Å². The maximum absolute atomic E-state index is 12.4. The van der Waals surface area contributed by atoms with Crippen molar-refractivity contribution >= 4 is 31.5 Å². The van der Waals surface area contributed by atoms with Gasteiger partial charge >= 0.3 is 13.1 Å². The van der Waals surface area contributed by atoms with E-state index in [0.717, 1.165) is 12.5 Å². The number of aryl methyl sites for hydroxylation is 1. The van der Waals surface area contributed by atoms with Crippen LogP contribution in [0.4, 0.5) is 0 Å². The zero-order chi connectivity index (χ0) is 20.6. The second kappa shape index (κ2) is 7.25. The predicted molar refractivity (Wildman–Crippen MR) is 103 cm³/mol. The number of ether oxygens (including phenoxy) is 1. The van der Waals surface area contributed by atoms with Crippen molar-refractivity contribution in [1.29, 1.82) is 1.12 Å². The SMILES string of the molecule is [2H]SC(C)(C)[C@H](N)C(=O)N1CC(Oc2ccc3c(c2C(=O)O)OB(O)CC3)C1. The Labute approximate surface area is 164 Å². The number of likely N-dealkylation sites (tertiary alicyclic amines) is 1. The van der Waals surface area contributed by atoms with Crippen LogP contribution in [0, 0.1) is 0 Å². The Hall–Kier alpha value is -1.91. The first-order chi connectivity index (χ1) is 13.1. The van der Waals surface area contributed by atoms with Crippen molar-refractivity contribution < 1.29 is 29.1 Å². The van der Waals surface area contributed by atoms with Gasteiger partial charge in [-0.05, 0) is 38.2 Å². The standard InChI is InChI=1S/C17H23BN2O6S/c1-17(2,27)14(19)15(21)20-7-10(8-20)25-11-4-3-9-5-6-18(24)26-13(9)12(11)16(22)23/h3-4,10,14,24,27H,5-8,19H2,1-2H3,(H,22,23)/t14-/m1/s1/i/hD. The number of rotatable bonds is 6. The first-order valence-electron chi connectivity index (χ1n) is 9.14. The molecule has 2 heterocycles. The highest BCUT2D eigenvalue weighted by atomic mass is 32.1. The van der Waals surface area contributed by atoms with Crippen LogP contribution in [-0.2, 0) is 11.2 Å². The molecule has 1 fully saturated rings.